The van der Waals surface area contributed by atoms with Gasteiger partial charge in [-0.05, 0) is 31.9 Å². The highest BCUT2D eigenvalue weighted by Gasteiger charge is 2.21. The van der Waals surface area contributed by atoms with Crippen LogP contribution in [0.15, 0.2) is 29.2 Å². The number of aromatic nitrogens is 2. The van der Waals surface area contributed by atoms with Gasteiger partial charge in [0.05, 0.1) is 11.8 Å². The van der Waals surface area contributed by atoms with Crippen LogP contribution < -0.4 is 5.32 Å². The fraction of sp³-hybridized carbons (Fsp3) is 0.429. The Hall–Kier alpha value is -1.68. The van der Waals surface area contributed by atoms with Gasteiger partial charge < -0.3 is 9.73 Å². The fourth-order valence-electron chi connectivity index (χ4n) is 2.54. The van der Waals surface area contributed by atoms with E-state index >= 15 is 0 Å². The van der Waals surface area contributed by atoms with E-state index in [4.69, 9.17) is 4.42 Å². The molecule has 0 radical (unpaired) electrons. The molecule has 3 rings (SSSR count). The van der Waals surface area contributed by atoms with Gasteiger partial charge in [0.2, 0.25) is 0 Å². The van der Waals surface area contributed by atoms with Crippen molar-refractivity contribution in [3.63, 3.8) is 0 Å². The molecule has 0 saturated carbocycles. The molecule has 0 aromatic carbocycles. The number of nitrogens with zero attached hydrogens (tertiary/aromatic N) is 2. The molecule has 4 nitrogen and oxygen atoms in total. The number of nitrogens with one attached hydrogen (secondary N) is 1. The highest BCUT2D eigenvalue weighted by molar-refractivity contribution is 5.53. The first-order valence-corrected chi connectivity index (χ1v) is 6.50. The standard InChI is InChI=1S/C14H17N3O/c1-2-15-12-4-3-5-13-11(12)8-16-14(17-13)10-6-7-18-9-10/h6-9,12,15H,2-5H2,1H3. The summed E-state index contributed by atoms with van der Waals surface area (Å²) in [5, 5.41) is 3.50. The average Bonchev–Trinajstić information content (AvgIpc) is 2.93. The third-order valence-corrected chi connectivity index (χ3v) is 3.41. The Morgan fingerprint density at radius 3 is 3.22 bits per heavy atom. The van der Waals surface area contributed by atoms with E-state index < -0.39 is 0 Å². The Morgan fingerprint density at radius 2 is 2.44 bits per heavy atom. The lowest BCUT2D eigenvalue weighted by molar-refractivity contribution is 0.464. The third-order valence-electron chi connectivity index (χ3n) is 3.41. The number of hydrogen-bond acceptors (Lipinski definition) is 4. The molecule has 2 heterocycles. The molecule has 0 saturated heterocycles. The third kappa shape index (κ3) is 2.04. The molecule has 0 amide bonds. The summed E-state index contributed by atoms with van der Waals surface area (Å²) in [5.74, 6) is 0.764. The van der Waals surface area contributed by atoms with Crippen LogP contribution in [0.25, 0.3) is 11.4 Å². The first kappa shape index (κ1) is 11.4. The van der Waals surface area contributed by atoms with Gasteiger partial charge in [0.1, 0.15) is 6.26 Å². The molecular weight excluding hydrogens is 226 g/mol. The predicted octanol–water partition coefficient (Wildman–Crippen LogP) is 2.72. The van der Waals surface area contributed by atoms with Gasteiger partial charge in [-0.15, -0.1) is 0 Å². The molecule has 1 aliphatic rings. The Morgan fingerprint density at radius 1 is 1.50 bits per heavy atom. The Bertz CT molecular complexity index is 522. The summed E-state index contributed by atoms with van der Waals surface area (Å²) in [4.78, 5) is 9.13. The van der Waals surface area contributed by atoms with Gasteiger partial charge in [-0.1, -0.05) is 6.92 Å². The highest BCUT2D eigenvalue weighted by Crippen LogP contribution is 2.29. The lowest BCUT2D eigenvalue weighted by atomic mass is 9.92. The van der Waals surface area contributed by atoms with Crippen molar-refractivity contribution in [1.29, 1.82) is 0 Å². The SMILES string of the molecule is CCNC1CCCc2nc(-c3ccoc3)ncc21. The molecular formula is C14H17N3O. The lowest BCUT2D eigenvalue weighted by Gasteiger charge is -2.25. The van der Waals surface area contributed by atoms with Crippen LogP contribution in [0.3, 0.4) is 0 Å². The van der Waals surface area contributed by atoms with Crippen LogP contribution in [0.2, 0.25) is 0 Å². The average molecular weight is 243 g/mol. The highest BCUT2D eigenvalue weighted by atomic mass is 16.3. The van der Waals surface area contributed by atoms with Crippen molar-refractivity contribution in [1.82, 2.24) is 15.3 Å². The molecule has 1 unspecified atom stereocenters. The van der Waals surface area contributed by atoms with E-state index in [9.17, 15) is 0 Å². The normalized spacial score (nSPS) is 18.6. The van der Waals surface area contributed by atoms with Crippen LogP contribution in [0.5, 0.6) is 0 Å². The summed E-state index contributed by atoms with van der Waals surface area (Å²) in [7, 11) is 0. The van der Waals surface area contributed by atoms with E-state index in [2.05, 4.69) is 22.2 Å². The molecule has 1 atom stereocenters. The zero-order valence-electron chi connectivity index (χ0n) is 10.5. The lowest BCUT2D eigenvalue weighted by Crippen LogP contribution is -2.25. The Labute approximate surface area is 106 Å². The maximum absolute atomic E-state index is 5.08. The van der Waals surface area contributed by atoms with Crippen LogP contribution in [-0.4, -0.2) is 16.5 Å². The summed E-state index contributed by atoms with van der Waals surface area (Å²) in [6, 6.07) is 2.31. The van der Waals surface area contributed by atoms with E-state index in [1.165, 1.54) is 24.1 Å². The van der Waals surface area contributed by atoms with Crippen molar-refractivity contribution >= 4 is 0 Å². The van der Waals surface area contributed by atoms with Gasteiger partial charge in [0.15, 0.2) is 5.82 Å². The van der Waals surface area contributed by atoms with Gasteiger partial charge in [0.25, 0.3) is 0 Å². The first-order chi connectivity index (χ1) is 8.88. The first-order valence-electron chi connectivity index (χ1n) is 6.50. The van der Waals surface area contributed by atoms with Gasteiger partial charge in [-0.25, -0.2) is 9.97 Å². The molecule has 2 aromatic rings. The second kappa shape index (κ2) is 4.90. The molecule has 4 heteroatoms. The number of furan rings is 1. The number of aryl methyl sites for hydroxylation is 1. The Kier molecular flexibility index (Phi) is 3.11. The van der Waals surface area contributed by atoms with E-state index in [1.54, 1.807) is 12.5 Å². The minimum absolute atomic E-state index is 0.414. The van der Waals surface area contributed by atoms with Gasteiger partial charge in [-0.3, -0.25) is 0 Å². The largest absolute Gasteiger partial charge is 0.472 e. The summed E-state index contributed by atoms with van der Waals surface area (Å²) in [5.41, 5.74) is 3.39. The maximum atomic E-state index is 5.08. The van der Waals surface area contributed by atoms with Crippen molar-refractivity contribution < 1.29 is 4.42 Å². The Balaban J connectivity index is 1.95. The van der Waals surface area contributed by atoms with Gasteiger partial charge in [0, 0.05) is 23.5 Å². The summed E-state index contributed by atoms with van der Waals surface area (Å²) < 4.78 is 5.08. The van der Waals surface area contributed by atoms with Crippen LogP contribution in [0.1, 0.15) is 37.1 Å². The molecule has 18 heavy (non-hydrogen) atoms. The van der Waals surface area contributed by atoms with Crippen molar-refractivity contribution in [2.45, 2.75) is 32.2 Å². The van der Waals surface area contributed by atoms with E-state index in [-0.39, 0.29) is 0 Å². The number of fused-ring (bicyclic) bond motifs is 1. The van der Waals surface area contributed by atoms with Crippen molar-refractivity contribution in [3.05, 3.63) is 36.0 Å². The van der Waals surface area contributed by atoms with E-state index in [0.29, 0.717) is 6.04 Å². The zero-order chi connectivity index (χ0) is 12.4. The maximum Gasteiger partial charge on any atom is 0.162 e. The second-order valence-corrected chi connectivity index (χ2v) is 4.61. The van der Waals surface area contributed by atoms with Gasteiger partial charge in [-0.2, -0.15) is 0 Å². The van der Waals surface area contributed by atoms with Crippen LogP contribution >= 0.6 is 0 Å². The molecule has 1 N–H and O–H groups in total. The molecule has 0 aliphatic heterocycles. The minimum atomic E-state index is 0.414. The topological polar surface area (TPSA) is 51.0 Å². The van der Waals surface area contributed by atoms with E-state index in [0.717, 1.165) is 24.4 Å². The minimum Gasteiger partial charge on any atom is -0.472 e. The fourth-order valence-corrected chi connectivity index (χ4v) is 2.54. The number of hydrogen-bond donors (Lipinski definition) is 1. The van der Waals surface area contributed by atoms with E-state index in [1.807, 2.05) is 12.3 Å². The second-order valence-electron chi connectivity index (χ2n) is 4.61. The van der Waals surface area contributed by atoms with Gasteiger partial charge >= 0.3 is 0 Å². The quantitative estimate of drug-likeness (QED) is 0.900. The van der Waals surface area contributed by atoms with Crippen molar-refractivity contribution in [2.24, 2.45) is 0 Å². The molecule has 94 valence electrons. The monoisotopic (exact) mass is 243 g/mol. The molecule has 0 fully saturated rings. The predicted molar refractivity (Wildman–Crippen MR) is 69.1 cm³/mol. The van der Waals surface area contributed by atoms with Crippen LogP contribution in [0, 0.1) is 0 Å². The van der Waals surface area contributed by atoms with Crippen LogP contribution in [-0.2, 0) is 6.42 Å². The molecule has 0 bridgehead atoms. The van der Waals surface area contributed by atoms with Crippen LogP contribution in [0.4, 0.5) is 0 Å². The summed E-state index contributed by atoms with van der Waals surface area (Å²) >= 11 is 0. The molecule has 2 aromatic heterocycles. The molecule has 0 spiro atoms. The summed E-state index contributed by atoms with van der Waals surface area (Å²) in [6.45, 7) is 3.11. The molecule has 1 aliphatic carbocycles. The van der Waals surface area contributed by atoms with Crippen molar-refractivity contribution in [2.75, 3.05) is 6.54 Å². The number of rotatable bonds is 3. The van der Waals surface area contributed by atoms with Crippen molar-refractivity contribution in [3.8, 4) is 11.4 Å². The summed E-state index contributed by atoms with van der Waals surface area (Å²) in [6.07, 6.45) is 8.72. The smallest absolute Gasteiger partial charge is 0.162 e. The zero-order valence-corrected chi connectivity index (χ0v) is 10.5.